The van der Waals surface area contributed by atoms with E-state index in [0.717, 1.165) is 33.1 Å². The van der Waals surface area contributed by atoms with Gasteiger partial charge in [0.1, 0.15) is 10.8 Å². The van der Waals surface area contributed by atoms with Crippen LogP contribution < -0.4 is 0 Å². The predicted octanol–water partition coefficient (Wildman–Crippen LogP) is 3.59. The van der Waals surface area contributed by atoms with Crippen LogP contribution in [-0.4, -0.2) is 25.6 Å². The van der Waals surface area contributed by atoms with E-state index in [2.05, 4.69) is 22.2 Å². The highest BCUT2D eigenvalue weighted by atomic mass is 32.2. The van der Waals surface area contributed by atoms with E-state index in [1.54, 1.807) is 6.26 Å². The molecule has 3 rings (SSSR count). The third-order valence-electron chi connectivity index (χ3n) is 2.58. The van der Waals surface area contributed by atoms with Gasteiger partial charge in [-0.2, -0.15) is 21.4 Å². The van der Waals surface area contributed by atoms with Gasteiger partial charge >= 0.3 is 0 Å². The van der Waals surface area contributed by atoms with Crippen LogP contribution in [-0.2, 0) is 5.75 Å². The van der Waals surface area contributed by atoms with Gasteiger partial charge in [0.25, 0.3) is 0 Å². The maximum Gasteiger partial charge on any atom is 0.234 e. The Morgan fingerprint density at radius 1 is 1.40 bits per heavy atom. The molecular formula is C13H14N4OS2. The lowest BCUT2D eigenvalue weighted by molar-refractivity contribution is 0.557. The zero-order valence-corrected chi connectivity index (χ0v) is 12.7. The summed E-state index contributed by atoms with van der Waals surface area (Å²) in [6, 6.07) is 3.77. The molecule has 3 aromatic heterocycles. The van der Waals surface area contributed by atoms with E-state index in [4.69, 9.17) is 4.42 Å². The van der Waals surface area contributed by atoms with Crippen LogP contribution in [0.4, 0.5) is 0 Å². The van der Waals surface area contributed by atoms with Crippen molar-refractivity contribution in [3.63, 3.8) is 0 Å². The molecule has 0 spiro atoms. The summed E-state index contributed by atoms with van der Waals surface area (Å²) in [6.45, 7) is 2.17. The Hall–Kier alpha value is -1.60. The van der Waals surface area contributed by atoms with E-state index in [-0.39, 0.29) is 0 Å². The molecule has 0 saturated carbocycles. The molecule has 104 valence electrons. The molecule has 0 radical (unpaired) electrons. The normalized spacial score (nSPS) is 11.8. The quantitative estimate of drug-likeness (QED) is 0.651. The number of hydrogen-bond acceptors (Lipinski definition) is 6. The van der Waals surface area contributed by atoms with Gasteiger partial charge in [0.15, 0.2) is 5.82 Å². The van der Waals surface area contributed by atoms with Crippen LogP contribution in [0, 0.1) is 0 Å². The van der Waals surface area contributed by atoms with Gasteiger partial charge in [-0.1, -0.05) is 18.3 Å². The molecule has 0 aromatic carbocycles. The minimum atomic E-state index is 0.815. The predicted molar refractivity (Wildman–Crippen MR) is 82.7 cm³/mol. The number of aromatic nitrogens is 4. The van der Waals surface area contributed by atoms with Crippen LogP contribution in [0.25, 0.3) is 17.1 Å². The minimum absolute atomic E-state index is 0.815. The molecule has 3 aromatic rings. The molecule has 0 unspecified atom stereocenters. The maximum atomic E-state index is 5.25. The summed E-state index contributed by atoms with van der Waals surface area (Å²) in [4.78, 5) is 0.830. The molecule has 0 fully saturated rings. The first-order chi connectivity index (χ1) is 9.86. The van der Waals surface area contributed by atoms with E-state index in [0.29, 0.717) is 0 Å². The summed E-state index contributed by atoms with van der Waals surface area (Å²) in [6.07, 6.45) is 6.65. The molecule has 0 aliphatic heterocycles. The van der Waals surface area contributed by atoms with Crippen molar-refractivity contribution in [2.24, 2.45) is 0 Å². The first kappa shape index (κ1) is 13.4. The van der Waals surface area contributed by atoms with Crippen LogP contribution in [0.1, 0.15) is 29.9 Å². The average Bonchev–Trinajstić information content (AvgIpc) is 3.14. The Bertz CT molecular complexity index is 699. The molecule has 7 heteroatoms. The lowest BCUT2D eigenvalue weighted by Crippen LogP contribution is -1.94. The molecular weight excluding hydrogens is 292 g/mol. The van der Waals surface area contributed by atoms with Crippen LogP contribution in [0.2, 0.25) is 0 Å². The van der Waals surface area contributed by atoms with Crippen molar-refractivity contribution in [3.05, 3.63) is 35.0 Å². The second-order valence-corrected chi connectivity index (χ2v) is 6.24. The fraction of sp³-hybridized carbons (Fsp3) is 0.308. The van der Waals surface area contributed by atoms with E-state index < -0.39 is 0 Å². The smallest absolute Gasteiger partial charge is 0.234 e. The van der Waals surface area contributed by atoms with Gasteiger partial charge in [0.05, 0.1) is 12.0 Å². The fourth-order valence-corrected chi connectivity index (χ4v) is 3.23. The van der Waals surface area contributed by atoms with Crippen molar-refractivity contribution in [3.8, 4) is 0 Å². The fourth-order valence-electron chi connectivity index (χ4n) is 1.68. The van der Waals surface area contributed by atoms with Crippen molar-refractivity contribution in [1.29, 1.82) is 0 Å². The van der Waals surface area contributed by atoms with Crippen molar-refractivity contribution in [2.75, 3.05) is 5.75 Å². The summed E-state index contributed by atoms with van der Waals surface area (Å²) < 4.78 is 7.08. The minimum Gasteiger partial charge on any atom is -0.465 e. The second-order valence-electron chi connectivity index (χ2n) is 4.15. The maximum absolute atomic E-state index is 5.25. The van der Waals surface area contributed by atoms with Gasteiger partial charge < -0.3 is 4.42 Å². The van der Waals surface area contributed by atoms with Gasteiger partial charge in [-0.05, 0) is 36.5 Å². The van der Waals surface area contributed by atoms with Crippen molar-refractivity contribution in [2.45, 2.75) is 19.1 Å². The summed E-state index contributed by atoms with van der Waals surface area (Å²) in [5, 5.41) is 13.8. The van der Waals surface area contributed by atoms with Gasteiger partial charge in [-0.25, -0.2) is 0 Å². The molecule has 3 heterocycles. The van der Waals surface area contributed by atoms with E-state index in [1.165, 1.54) is 17.8 Å². The molecule has 0 amide bonds. The largest absolute Gasteiger partial charge is 0.465 e. The highest BCUT2D eigenvalue weighted by Gasteiger charge is 2.10. The molecule has 0 aliphatic carbocycles. The standard InChI is InChI=1S/C13H14N4OS2/c1-2-8-19-9-11-14-15-13-17(11)16-12(20-13)6-5-10-4-3-7-18-10/h3-7H,2,8-9H2,1H3. The lowest BCUT2D eigenvalue weighted by atomic mass is 10.4. The molecule has 0 atom stereocenters. The summed E-state index contributed by atoms with van der Waals surface area (Å²) in [7, 11) is 0. The van der Waals surface area contributed by atoms with Crippen molar-refractivity contribution in [1.82, 2.24) is 19.8 Å². The first-order valence-corrected chi connectivity index (χ1v) is 8.34. The molecule has 5 nitrogen and oxygen atoms in total. The highest BCUT2D eigenvalue weighted by Crippen LogP contribution is 2.19. The zero-order valence-electron chi connectivity index (χ0n) is 11.0. The van der Waals surface area contributed by atoms with Crippen LogP contribution in [0.15, 0.2) is 22.8 Å². The van der Waals surface area contributed by atoms with Gasteiger partial charge in [-0.3, -0.25) is 0 Å². The van der Waals surface area contributed by atoms with Crippen molar-refractivity contribution >= 4 is 40.2 Å². The highest BCUT2D eigenvalue weighted by molar-refractivity contribution is 7.98. The Labute approximate surface area is 124 Å². The third-order valence-corrected chi connectivity index (χ3v) is 4.61. The van der Waals surface area contributed by atoms with Crippen LogP contribution >= 0.6 is 23.1 Å². The summed E-state index contributed by atoms with van der Waals surface area (Å²) >= 11 is 3.37. The zero-order chi connectivity index (χ0) is 13.8. The number of furan rings is 1. The Morgan fingerprint density at radius 2 is 2.35 bits per heavy atom. The monoisotopic (exact) mass is 306 g/mol. The third kappa shape index (κ3) is 2.94. The molecule has 0 N–H and O–H groups in total. The van der Waals surface area contributed by atoms with Crippen LogP contribution in [0.3, 0.4) is 0 Å². The number of rotatable bonds is 6. The number of fused-ring (bicyclic) bond motifs is 1. The lowest BCUT2D eigenvalue weighted by Gasteiger charge is -1.95. The number of nitrogens with zero attached hydrogens (tertiary/aromatic N) is 4. The number of hydrogen-bond donors (Lipinski definition) is 0. The van der Waals surface area contributed by atoms with Gasteiger partial charge in [0.2, 0.25) is 4.96 Å². The molecule has 0 bridgehead atoms. The summed E-state index contributed by atoms with van der Waals surface area (Å²) in [5.41, 5.74) is 0. The van der Waals surface area contributed by atoms with E-state index in [1.807, 2.05) is 40.6 Å². The van der Waals surface area contributed by atoms with Gasteiger partial charge in [-0.15, -0.1) is 10.2 Å². The van der Waals surface area contributed by atoms with Crippen LogP contribution in [0.5, 0.6) is 0 Å². The average molecular weight is 306 g/mol. The topological polar surface area (TPSA) is 56.2 Å². The number of thioether (sulfide) groups is 1. The summed E-state index contributed by atoms with van der Waals surface area (Å²) in [5.74, 6) is 3.70. The van der Waals surface area contributed by atoms with E-state index in [9.17, 15) is 0 Å². The first-order valence-electron chi connectivity index (χ1n) is 6.37. The Kier molecular flexibility index (Phi) is 4.17. The SMILES string of the molecule is CCCSCc1nnc2sc(C=Cc3ccco3)nn12. The van der Waals surface area contributed by atoms with E-state index >= 15 is 0 Å². The van der Waals surface area contributed by atoms with Crippen molar-refractivity contribution < 1.29 is 4.42 Å². The second kappa shape index (κ2) is 6.23. The molecule has 20 heavy (non-hydrogen) atoms. The van der Waals surface area contributed by atoms with Gasteiger partial charge in [0, 0.05) is 0 Å². The Morgan fingerprint density at radius 3 is 3.15 bits per heavy atom. The molecule has 0 aliphatic rings. The molecule has 0 saturated heterocycles. The Balaban J connectivity index is 1.77.